The van der Waals surface area contributed by atoms with E-state index in [0.29, 0.717) is 17.7 Å². The van der Waals surface area contributed by atoms with Gasteiger partial charge in [-0.05, 0) is 30.4 Å². The molecule has 0 radical (unpaired) electrons. The third kappa shape index (κ3) is 1.56. The number of carbonyl (C=O) groups excluding carboxylic acids is 1. The minimum atomic E-state index is 0.361. The van der Waals surface area contributed by atoms with E-state index in [1.165, 1.54) is 0 Å². The molecule has 2 aliphatic rings. The van der Waals surface area contributed by atoms with E-state index < -0.39 is 0 Å². The number of rotatable bonds is 3. The van der Waals surface area contributed by atoms with Crippen molar-refractivity contribution >= 4 is 11.6 Å². The second kappa shape index (κ2) is 3.51. The molecular formula is C13H16N2O. The van der Waals surface area contributed by atoms with Crippen LogP contribution >= 0.6 is 0 Å². The molecule has 0 aromatic heterocycles. The summed E-state index contributed by atoms with van der Waals surface area (Å²) < 4.78 is 0. The zero-order chi connectivity index (χ0) is 11.1. The zero-order valence-electron chi connectivity index (χ0n) is 9.23. The lowest BCUT2D eigenvalue weighted by molar-refractivity contribution is -0.129. The van der Waals surface area contributed by atoms with E-state index >= 15 is 0 Å². The summed E-state index contributed by atoms with van der Waals surface area (Å²) in [6, 6.07) is 7.89. The number of nitrogens with zero attached hydrogens (tertiary/aromatic N) is 1. The first-order chi connectivity index (χ1) is 7.75. The second-order valence-electron chi connectivity index (χ2n) is 4.84. The van der Waals surface area contributed by atoms with E-state index in [0.717, 1.165) is 37.2 Å². The molecule has 1 saturated carbocycles. The number of amides is 1. The van der Waals surface area contributed by atoms with Crippen molar-refractivity contribution in [3.63, 3.8) is 0 Å². The van der Waals surface area contributed by atoms with E-state index in [1.807, 2.05) is 29.2 Å². The summed E-state index contributed by atoms with van der Waals surface area (Å²) >= 11 is 0. The molecule has 1 amide bonds. The monoisotopic (exact) mass is 216 g/mol. The Bertz CT molecular complexity index is 430. The van der Waals surface area contributed by atoms with Crippen LogP contribution in [0.2, 0.25) is 0 Å². The highest BCUT2D eigenvalue weighted by Gasteiger charge is 2.51. The Morgan fingerprint density at radius 1 is 1.38 bits per heavy atom. The van der Waals surface area contributed by atoms with Gasteiger partial charge >= 0.3 is 0 Å². The molecule has 0 spiro atoms. The van der Waals surface area contributed by atoms with Crippen LogP contribution in [0.1, 0.15) is 12.0 Å². The lowest BCUT2D eigenvalue weighted by Gasteiger charge is -2.18. The number of fused-ring (bicyclic) bond motifs is 1. The van der Waals surface area contributed by atoms with Crippen LogP contribution in [-0.2, 0) is 11.2 Å². The van der Waals surface area contributed by atoms with Gasteiger partial charge in [-0.15, -0.1) is 0 Å². The summed E-state index contributed by atoms with van der Waals surface area (Å²) in [5.41, 5.74) is 7.85. The Labute approximate surface area is 95.2 Å². The molecular weight excluding hydrogens is 200 g/mol. The van der Waals surface area contributed by atoms with Gasteiger partial charge in [0.1, 0.15) is 0 Å². The summed E-state index contributed by atoms with van der Waals surface area (Å²) in [5.74, 6) is 1.40. The minimum Gasteiger partial charge on any atom is -0.399 e. The standard InChI is InChI=1S/C13H16N2O/c14-12-4-2-1-3-9(12)5-6-15-8-10-7-11(10)13(15)16/h1-4,10-11H,5-8,14H2. The predicted molar refractivity (Wildman–Crippen MR) is 62.7 cm³/mol. The van der Waals surface area contributed by atoms with Crippen molar-refractivity contribution in [2.45, 2.75) is 12.8 Å². The highest BCUT2D eigenvalue weighted by molar-refractivity contribution is 5.84. The molecule has 3 heteroatoms. The van der Waals surface area contributed by atoms with Crippen molar-refractivity contribution in [2.24, 2.45) is 11.8 Å². The first-order valence-corrected chi connectivity index (χ1v) is 5.88. The average molecular weight is 216 g/mol. The number of carbonyl (C=O) groups is 1. The summed E-state index contributed by atoms with van der Waals surface area (Å²) in [6.07, 6.45) is 2.00. The molecule has 1 aromatic rings. The molecule has 2 unspecified atom stereocenters. The number of anilines is 1. The molecule has 2 atom stereocenters. The van der Waals surface area contributed by atoms with Crippen molar-refractivity contribution in [3.05, 3.63) is 29.8 Å². The Morgan fingerprint density at radius 3 is 2.88 bits per heavy atom. The van der Waals surface area contributed by atoms with Crippen LogP contribution in [0, 0.1) is 11.8 Å². The normalized spacial score (nSPS) is 27.0. The number of nitrogens with two attached hydrogens (primary N) is 1. The van der Waals surface area contributed by atoms with Gasteiger partial charge in [0.25, 0.3) is 0 Å². The van der Waals surface area contributed by atoms with Crippen molar-refractivity contribution in [3.8, 4) is 0 Å². The molecule has 16 heavy (non-hydrogen) atoms. The van der Waals surface area contributed by atoms with Crippen LogP contribution < -0.4 is 5.73 Å². The van der Waals surface area contributed by atoms with Crippen LogP contribution in [0.25, 0.3) is 0 Å². The van der Waals surface area contributed by atoms with Crippen LogP contribution in [0.5, 0.6) is 0 Å². The van der Waals surface area contributed by atoms with Crippen LogP contribution in [0.15, 0.2) is 24.3 Å². The second-order valence-corrected chi connectivity index (χ2v) is 4.84. The lowest BCUT2D eigenvalue weighted by atomic mass is 10.1. The number of benzene rings is 1. The molecule has 3 nitrogen and oxygen atoms in total. The molecule has 1 heterocycles. The fourth-order valence-electron chi connectivity index (χ4n) is 2.58. The number of para-hydroxylation sites is 1. The molecule has 1 saturated heterocycles. The Balaban J connectivity index is 1.61. The van der Waals surface area contributed by atoms with Crippen molar-refractivity contribution in [2.75, 3.05) is 18.8 Å². The van der Waals surface area contributed by atoms with Gasteiger partial charge in [-0.3, -0.25) is 4.79 Å². The minimum absolute atomic E-state index is 0.361. The van der Waals surface area contributed by atoms with Crippen molar-refractivity contribution < 1.29 is 4.79 Å². The van der Waals surface area contributed by atoms with Gasteiger partial charge in [0.2, 0.25) is 5.91 Å². The van der Waals surface area contributed by atoms with E-state index in [1.54, 1.807) is 0 Å². The molecule has 1 aliphatic carbocycles. The first kappa shape index (κ1) is 9.70. The van der Waals surface area contributed by atoms with Gasteiger partial charge in [-0.2, -0.15) is 0 Å². The Kier molecular flexibility index (Phi) is 2.13. The van der Waals surface area contributed by atoms with E-state index in [9.17, 15) is 4.79 Å². The smallest absolute Gasteiger partial charge is 0.226 e. The summed E-state index contributed by atoms with van der Waals surface area (Å²) in [7, 11) is 0. The van der Waals surface area contributed by atoms with Crippen LogP contribution in [0.3, 0.4) is 0 Å². The fraction of sp³-hybridized carbons (Fsp3) is 0.462. The summed E-state index contributed by atoms with van der Waals surface area (Å²) in [5, 5.41) is 0. The van der Waals surface area contributed by atoms with Gasteiger partial charge in [0, 0.05) is 24.7 Å². The Hall–Kier alpha value is -1.51. The average Bonchev–Trinajstić information content (AvgIpc) is 2.98. The zero-order valence-corrected chi connectivity index (χ0v) is 9.23. The van der Waals surface area contributed by atoms with Crippen molar-refractivity contribution in [1.29, 1.82) is 0 Å². The van der Waals surface area contributed by atoms with Gasteiger partial charge in [0.15, 0.2) is 0 Å². The lowest BCUT2D eigenvalue weighted by Crippen LogP contribution is -2.30. The number of hydrogen-bond donors (Lipinski definition) is 1. The summed E-state index contributed by atoms with van der Waals surface area (Å²) in [6.45, 7) is 1.79. The number of likely N-dealkylation sites (tertiary alicyclic amines) is 1. The van der Waals surface area contributed by atoms with Gasteiger partial charge < -0.3 is 10.6 Å². The largest absolute Gasteiger partial charge is 0.399 e. The highest BCUT2D eigenvalue weighted by atomic mass is 16.2. The predicted octanol–water partition coefficient (Wildman–Crippen LogP) is 1.29. The summed E-state index contributed by atoms with van der Waals surface area (Å²) in [4.78, 5) is 13.7. The quantitative estimate of drug-likeness (QED) is 0.774. The van der Waals surface area contributed by atoms with Crippen LogP contribution in [-0.4, -0.2) is 23.9 Å². The molecule has 0 bridgehead atoms. The van der Waals surface area contributed by atoms with E-state index in [4.69, 9.17) is 5.73 Å². The first-order valence-electron chi connectivity index (χ1n) is 5.88. The molecule has 84 valence electrons. The maximum Gasteiger partial charge on any atom is 0.226 e. The van der Waals surface area contributed by atoms with Gasteiger partial charge in [-0.1, -0.05) is 18.2 Å². The molecule has 2 fully saturated rings. The molecule has 1 aromatic carbocycles. The number of hydrogen-bond acceptors (Lipinski definition) is 2. The fourth-order valence-corrected chi connectivity index (χ4v) is 2.58. The SMILES string of the molecule is Nc1ccccc1CCN1CC2CC2C1=O. The van der Waals surface area contributed by atoms with E-state index in [-0.39, 0.29) is 0 Å². The molecule has 1 aliphatic heterocycles. The topological polar surface area (TPSA) is 46.3 Å². The third-order valence-corrected chi connectivity index (χ3v) is 3.71. The maximum atomic E-state index is 11.7. The number of nitrogen functional groups attached to an aromatic ring is 1. The number of piperidine rings is 1. The Morgan fingerprint density at radius 2 is 2.19 bits per heavy atom. The molecule has 2 N–H and O–H groups in total. The van der Waals surface area contributed by atoms with E-state index in [2.05, 4.69) is 0 Å². The maximum absolute atomic E-state index is 11.7. The molecule has 3 rings (SSSR count). The van der Waals surface area contributed by atoms with Gasteiger partial charge in [-0.25, -0.2) is 0 Å². The highest BCUT2D eigenvalue weighted by Crippen LogP contribution is 2.45. The van der Waals surface area contributed by atoms with Gasteiger partial charge in [0.05, 0.1) is 0 Å². The third-order valence-electron chi connectivity index (χ3n) is 3.71. The van der Waals surface area contributed by atoms with Crippen LogP contribution in [0.4, 0.5) is 5.69 Å². The van der Waals surface area contributed by atoms with Crippen molar-refractivity contribution in [1.82, 2.24) is 4.90 Å².